The van der Waals surface area contributed by atoms with Gasteiger partial charge in [-0.1, -0.05) is 47.7 Å². The van der Waals surface area contributed by atoms with Crippen LogP contribution in [0.25, 0.3) is 5.65 Å². The molecule has 0 fully saturated rings. The molecule has 0 saturated carbocycles. The summed E-state index contributed by atoms with van der Waals surface area (Å²) in [5, 5.41) is 12.1. The van der Waals surface area contributed by atoms with E-state index in [0.717, 1.165) is 15.1 Å². The van der Waals surface area contributed by atoms with Crippen molar-refractivity contribution in [3.63, 3.8) is 0 Å². The second-order valence-electron chi connectivity index (χ2n) is 6.66. The number of aryl methyl sites for hydroxylation is 2. The number of carbonyl (C=O) groups is 1. The van der Waals surface area contributed by atoms with Crippen LogP contribution in [0, 0.1) is 13.8 Å². The fraction of sp³-hybridized carbons (Fsp3) is 0.143. The SMILES string of the molecule is Cc1ccc(Sc2ccc3nn(CC(=O)Nc4ccccc4C)c(=O)n3n2)cc1. The lowest BCUT2D eigenvalue weighted by atomic mass is 10.2. The van der Waals surface area contributed by atoms with E-state index in [2.05, 4.69) is 15.5 Å². The van der Waals surface area contributed by atoms with Crippen LogP contribution in [0.2, 0.25) is 0 Å². The Bertz CT molecular complexity index is 1240. The molecule has 0 radical (unpaired) electrons. The minimum atomic E-state index is -0.453. The number of nitrogens with zero attached hydrogens (tertiary/aromatic N) is 4. The summed E-state index contributed by atoms with van der Waals surface area (Å²) < 4.78 is 2.34. The first kappa shape index (κ1) is 18.9. The van der Waals surface area contributed by atoms with Crippen molar-refractivity contribution in [3.8, 4) is 0 Å². The van der Waals surface area contributed by atoms with Crippen molar-refractivity contribution >= 4 is 29.0 Å². The molecule has 2 aromatic heterocycles. The van der Waals surface area contributed by atoms with Gasteiger partial charge >= 0.3 is 5.69 Å². The minimum absolute atomic E-state index is 0.184. The predicted molar refractivity (Wildman–Crippen MR) is 112 cm³/mol. The molecule has 0 atom stereocenters. The molecule has 0 bridgehead atoms. The summed E-state index contributed by atoms with van der Waals surface area (Å²) in [5.74, 6) is -0.320. The average Bonchev–Trinajstić information content (AvgIpc) is 3.01. The summed E-state index contributed by atoms with van der Waals surface area (Å²) in [7, 11) is 0. The topological polar surface area (TPSA) is 81.3 Å². The van der Waals surface area contributed by atoms with E-state index in [1.165, 1.54) is 21.8 Å². The van der Waals surface area contributed by atoms with Crippen LogP contribution in [-0.2, 0) is 11.3 Å². The molecule has 1 amide bonds. The zero-order valence-electron chi connectivity index (χ0n) is 16.0. The third-order valence-corrected chi connectivity index (χ3v) is 5.31. The number of anilines is 1. The predicted octanol–water partition coefficient (Wildman–Crippen LogP) is 3.30. The molecule has 0 unspecified atom stereocenters. The molecule has 4 rings (SSSR count). The second-order valence-corrected chi connectivity index (χ2v) is 7.75. The van der Waals surface area contributed by atoms with Gasteiger partial charge in [-0.15, -0.1) is 5.10 Å². The molecule has 4 aromatic rings. The van der Waals surface area contributed by atoms with Gasteiger partial charge in [0.2, 0.25) is 5.91 Å². The Labute approximate surface area is 171 Å². The first-order chi connectivity index (χ1) is 14.0. The normalized spacial score (nSPS) is 11.0. The summed E-state index contributed by atoms with van der Waals surface area (Å²) in [6.45, 7) is 3.75. The third kappa shape index (κ3) is 4.22. The maximum atomic E-state index is 12.6. The zero-order chi connectivity index (χ0) is 20.4. The maximum Gasteiger partial charge on any atom is 0.367 e. The quantitative estimate of drug-likeness (QED) is 0.551. The Morgan fingerprint density at radius 1 is 1.00 bits per heavy atom. The molecule has 0 saturated heterocycles. The van der Waals surface area contributed by atoms with Crippen molar-refractivity contribution in [2.24, 2.45) is 0 Å². The van der Waals surface area contributed by atoms with E-state index in [1.807, 2.05) is 68.4 Å². The summed E-state index contributed by atoms with van der Waals surface area (Å²) in [6.07, 6.45) is 0. The molecule has 0 aliphatic rings. The lowest BCUT2D eigenvalue weighted by molar-refractivity contribution is -0.117. The monoisotopic (exact) mass is 405 g/mol. The van der Waals surface area contributed by atoms with E-state index in [4.69, 9.17) is 0 Å². The van der Waals surface area contributed by atoms with E-state index >= 15 is 0 Å². The van der Waals surface area contributed by atoms with E-state index in [1.54, 1.807) is 6.07 Å². The average molecular weight is 405 g/mol. The summed E-state index contributed by atoms with van der Waals surface area (Å²) in [6, 6.07) is 19.1. The van der Waals surface area contributed by atoms with Crippen molar-refractivity contribution in [2.75, 3.05) is 5.32 Å². The van der Waals surface area contributed by atoms with Crippen molar-refractivity contribution < 1.29 is 4.79 Å². The Kier molecular flexibility index (Phi) is 5.18. The van der Waals surface area contributed by atoms with Crippen LogP contribution in [0.3, 0.4) is 0 Å². The van der Waals surface area contributed by atoms with Crippen LogP contribution in [-0.4, -0.2) is 25.3 Å². The number of aromatic nitrogens is 4. The lowest BCUT2D eigenvalue weighted by Gasteiger charge is -2.07. The fourth-order valence-electron chi connectivity index (χ4n) is 2.82. The first-order valence-corrected chi connectivity index (χ1v) is 9.88. The van der Waals surface area contributed by atoms with Gasteiger partial charge in [0.25, 0.3) is 0 Å². The van der Waals surface area contributed by atoms with Gasteiger partial charge < -0.3 is 5.32 Å². The Hall–Kier alpha value is -3.39. The second kappa shape index (κ2) is 7.92. The van der Waals surface area contributed by atoms with E-state index in [0.29, 0.717) is 16.4 Å². The van der Waals surface area contributed by atoms with Crippen LogP contribution in [0.15, 0.2) is 75.4 Å². The minimum Gasteiger partial charge on any atom is -0.324 e. The highest BCUT2D eigenvalue weighted by molar-refractivity contribution is 7.99. The summed E-state index contributed by atoms with van der Waals surface area (Å²) in [4.78, 5) is 26.0. The number of hydrogen-bond donors (Lipinski definition) is 1. The maximum absolute atomic E-state index is 12.6. The molecule has 0 spiro atoms. The molecule has 2 aromatic carbocycles. The third-order valence-electron chi connectivity index (χ3n) is 4.37. The number of benzene rings is 2. The number of para-hydroxylation sites is 1. The van der Waals surface area contributed by atoms with Crippen molar-refractivity contribution in [2.45, 2.75) is 30.3 Å². The van der Waals surface area contributed by atoms with Crippen LogP contribution >= 0.6 is 11.8 Å². The smallest absolute Gasteiger partial charge is 0.324 e. The number of carbonyl (C=O) groups excluding carboxylic acids is 1. The largest absolute Gasteiger partial charge is 0.367 e. The lowest BCUT2D eigenvalue weighted by Crippen LogP contribution is -2.29. The van der Waals surface area contributed by atoms with Crippen LogP contribution in [0.5, 0.6) is 0 Å². The first-order valence-electron chi connectivity index (χ1n) is 9.06. The van der Waals surface area contributed by atoms with Gasteiger partial charge in [0.15, 0.2) is 5.65 Å². The standard InChI is InChI=1S/C21H19N5O2S/c1-14-7-9-16(10-8-14)29-20-12-11-18-23-25(21(28)26(18)24-20)13-19(27)22-17-6-4-3-5-15(17)2/h3-12H,13H2,1-2H3,(H,22,27). The van der Waals surface area contributed by atoms with Crippen molar-refractivity contribution in [1.82, 2.24) is 19.4 Å². The van der Waals surface area contributed by atoms with Crippen molar-refractivity contribution in [1.29, 1.82) is 0 Å². The zero-order valence-corrected chi connectivity index (χ0v) is 16.8. The summed E-state index contributed by atoms with van der Waals surface area (Å²) >= 11 is 1.46. The Balaban J connectivity index is 1.54. The number of fused-ring (bicyclic) bond motifs is 1. The highest BCUT2D eigenvalue weighted by Crippen LogP contribution is 2.25. The summed E-state index contributed by atoms with van der Waals surface area (Å²) in [5.41, 5.74) is 2.78. The Morgan fingerprint density at radius 2 is 1.76 bits per heavy atom. The van der Waals surface area contributed by atoms with Crippen LogP contribution in [0.4, 0.5) is 5.69 Å². The molecule has 29 heavy (non-hydrogen) atoms. The number of amides is 1. The van der Waals surface area contributed by atoms with Crippen LogP contribution < -0.4 is 11.0 Å². The molecule has 8 heteroatoms. The van der Waals surface area contributed by atoms with Gasteiger partial charge in [-0.05, 0) is 49.7 Å². The van der Waals surface area contributed by atoms with Gasteiger partial charge in [0, 0.05) is 10.6 Å². The number of nitrogens with one attached hydrogen (secondary N) is 1. The molecule has 0 aliphatic heterocycles. The van der Waals surface area contributed by atoms with Gasteiger partial charge in [-0.25, -0.2) is 9.48 Å². The highest BCUT2D eigenvalue weighted by atomic mass is 32.2. The molecule has 2 heterocycles. The molecule has 7 nitrogen and oxygen atoms in total. The van der Waals surface area contributed by atoms with E-state index < -0.39 is 5.69 Å². The molecule has 0 aliphatic carbocycles. The van der Waals surface area contributed by atoms with Crippen molar-refractivity contribution in [3.05, 3.63) is 82.3 Å². The molecular formula is C21H19N5O2S. The molecular weight excluding hydrogens is 386 g/mol. The van der Waals surface area contributed by atoms with Gasteiger partial charge in [0.1, 0.15) is 11.6 Å². The molecule has 146 valence electrons. The Morgan fingerprint density at radius 3 is 2.52 bits per heavy atom. The number of rotatable bonds is 5. The highest BCUT2D eigenvalue weighted by Gasteiger charge is 2.13. The van der Waals surface area contributed by atoms with Gasteiger partial charge in [-0.2, -0.15) is 9.61 Å². The van der Waals surface area contributed by atoms with E-state index in [-0.39, 0.29) is 12.5 Å². The van der Waals surface area contributed by atoms with E-state index in [9.17, 15) is 9.59 Å². The fourth-order valence-corrected chi connectivity index (χ4v) is 3.59. The van der Waals surface area contributed by atoms with Gasteiger partial charge in [0.05, 0.1) is 0 Å². The van der Waals surface area contributed by atoms with Crippen LogP contribution in [0.1, 0.15) is 11.1 Å². The molecule has 1 N–H and O–H groups in total. The van der Waals surface area contributed by atoms with Gasteiger partial charge in [-0.3, -0.25) is 4.79 Å². The number of hydrogen-bond acceptors (Lipinski definition) is 5.